The normalized spacial score (nSPS) is 26.7. The van der Waals surface area contributed by atoms with Gasteiger partial charge in [0.05, 0.1) is 6.54 Å². The number of halogens is 2. The van der Waals surface area contributed by atoms with Crippen molar-refractivity contribution in [2.24, 2.45) is 11.8 Å². The Labute approximate surface area is 95.7 Å². The first-order chi connectivity index (χ1) is 7.43. The highest BCUT2D eigenvalue weighted by Gasteiger charge is 2.27. The molecule has 0 radical (unpaired) electrons. The lowest BCUT2D eigenvalue weighted by atomic mass is 9.84. The maximum absolute atomic E-state index is 12.7. The maximum Gasteiger partial charge on any atom is 0.282 e. The van der Waals surface area contributed by atoms with E-state index in [1.54, 1.807) is 0 Å². The van der Waals surface area contributed by atoms with Gasteiger partial charge in [0.25, 0.3) is 5.92 Å². The summed E-state index contributed by atoms with van der Waals surface area (Å²) in [5, 5.41) is 11.2. The highest BCUT2D eigenvalue weighted by Crippen LogP contribution is 2.27. The minimum Gasteiger partial charge on any atom is -0.390 e. The number of rotatable bonds is 5. The molecule has 0 aromatic carbocycles. The Morgan fingerprint density at radius 3 is 2.81 bits per heavy atom. The minimum atomic E-state index is -2.99. The van der Waals surface area contributed by atoms with E-state index in [2.05, 4.69) is 25.2 Å². The van der Waals surface area contributed by atoms with E-state index < -0.39 is 19.1 Å². The summed E-state index contributed by atoms with van der Waals surface area (Å²) in [6, 6.07) is 0. The third-order valence-electron chi connectivity index (χ3n) is 2.93. The molecule has 4 heteroatoms. The summed E-state index contributed by atoms with van der Waals surface area (Å²) in [6.07, 6.45) is 4.29. The largest absolute Gasteiger partial charge is 0.390 e. The molecule has 94 valence electrons. The molecule has 0 bridgehead atoms. The third-order valence-corrected chi connectivity index (χ3v) is 2.93. The molecule has 1 rings (SSSR count). The molecule has 0 saturated carbocycles. The number of hydrogen-bond donors (Lipinski definition) is 2. The molecular formula is C12H21F2NO. The lowest BCUT2D eigenvalue weighted by Gasteiger charge is -2.26. The Hall–Kier alpha value is -0.480. The van der Waals surface area contributed by atoms with E-state index in [4.69, 9.17) is 5.11 Å². The zero-order valence-corrected chi connectivity index (χ0v) is 9.97. The van der Waals surface area contributed by atoms with Crippen LogP contribution in [0.2, 0.25) is 0 Å². The molecule has 2 atom stereocenters. The predicted molar refractivity (Wildman–Crippen MR) is 60.5 cm³/mol. The van der Waals surface area contributed by atoms with Gasteiger partial charge in [0.2, 0.25) is 0 Å². The van der Waals surface area contributed by atoms with Crippen molar-refractivity contribution in [3.63, 3.8) is 0 Å². The van der Waals surface area contributed by atoms with Gasteiger partial charge in [-0.3, -0.25) is 0 Å². The molecular weight excluding hydrogens is 212 g/mol. The maximum atomic E-state index is 12.7. The van der Waals surface area contributed by atoms with Crippen LogP contribution in [0.4, 0.5) is 8.78 Å². The molecule has 0 fully saturated rings. The molecule has 0 heterocycles. The molecule has 0 aromatic heterocycles. The van der Waals surface area contributed by atoms with Gasteiger partial charge in [-0.05, 0) is 38.1 Å². The molecule has 16 heavy (non-hydrogen) atoms. The number of nitrogens with one attached hydrogen (secondary N) is 1. The smallest absolute Gasteiger partial charge is 0.282 e. The van der Waals surface area contributed by atoms with Gasteiger partial charge in [0.15, 0.2) is 0 Å². The molecule has 2 nitrogen and oxygen atoms in total. The Kier molecular flexibility index (Phi) is 4.87. The summed E-state index contributed by atoms with van der Waals surface area (Å²) in [7, 11) is 0. The molecule has 0 amide bonds. The van der Waals surface area contributed by atoms with Crippen LogP contribution in [0.3, 0.4) is 0 Å². The van der Waals surface area contributed by atoms with E-state index in [-0.39, 0.29) is 0 Å². The van der Waals surface area contributed by atoms with Gasteiger partial charge in [0, 0.05) is 0 Å². The molecule has 1 aliphatic carbocycles. The summed E-state index contributed by atoms with van der Waals surface area (Å²) < 4.78 is 25.5. The lowest BCUT2D eigenvalue weighted by molar-refractivity contribution is -0.0480. The van der Waals surface area contributed by atoms with E-state index >= 15 is 0 Å². The fourth-order valence-electron chi connectivity index (χ4n) is 2.36. The van der Waals surface area contributed by atoms with Gasteiger partial charge in [0.1, 0.15) is 6.61 Å². The average molecular weight is 233 g/mol. The van der Waals surface area contributed by atoms with Gasteiger partial charge < -0.3 is 10.4 Å². The van der Waals surface area contributed by atoms with Crippen molar-refractivity contribution in [2.75, 3.05) is 19.7 Å². The first kappa shape index (κ1) is 13.6. The van der Waals surface area contributed by atoms with Gasteiger partial charge in [-0.1, -0.05) is 18.6 Å². The van der Waals surface area contributed by atoms with E-state index in [1.165, 1.54) is 5.57 Å². The number of hydrogen-bond acceptors (Lipinski definition) is 2. The van der Waals surface area contributed by atoms with Crippen LogP contribution in [0.15, 0.2) is 11.6 Å². The fourth-order valence-corrected chi connectivity index (χ4v) is 2.36. The molecule has 0 spiro atoms. The summed E-state index contributed by atoms with van der Waals surface area (Å²) in [5.74, 6) is -2.01. The topological polar surface area (TPSA) is 32.3 Å². The van der Waals surface area contributed by atoms with Crippen LogP contribution < -0.4 is 5.32 Å². The summed E-state index contributed by atoms with van der Waals surface area (Å²) in [6.45, 7) is 3.32. The van der Waals surface area contributed by atoms with Gasteiger partial charge in [-0.25, -0.2) is 8.78 Å². The highest BCUT2D eigenvalue weighted by molar-refractivity contribution is 5.06. The Bertz CT molecular complexity index is 253. The minimum absolute atomic E-state index is 0.433. The second-order valence-corrected chi connectivity index (χ2v) is 4.94. The van der Waals surface area contributed by atoms with E-state index in [9.17, 15) is 8.78 Å². The van der Waals surface area contributed by atoms with Crippen LogP contribution in [0, 0.1) is 11.8 Å². The van der Waals surface area contributed by atoms with E-state index in [1.807, 2.05) is 0 Å². The van der Waals surface area contributed by atoms with Crippen molar-refractivity contribution < 1.29 is 13.9 Å². The van der Waals surface area contributed by atoms with Gasteiger partial charge >= 0.3 is 0 Å². The quantitative estimate of drug-likeness (QED) is 0.713. The zero-order valence-electron chi connectivity index (χ0n) is 9.97. The number of aliphatic hydroxyl groups is 1. The monoisotopic (exact) mass is 233 g/mol. The van der Waals surface area contributed by atoms with E-state index in [0.29, 0.717) is 18.4 Å². The Balaban J connectivity index is 2.27. The molecule has 0 aliphatic heterocycles. The fraction of sp³-hybridized carbons (Fsp3) is 0.833. The predicted octanol–water partition coefficient (Wildman–Crippen LogP) is 2.20. The van der Waals surface area contributed by atoms with Crippen LogP contribution in [-0.4, -0.2) is 30.7 Å². The SMILES string of the molecule is CC1=CC(C)CC(CNCC(F)(F)CO)C1. The molecule has 2 unspecified atom stereocenters. The van der Waals surface area contributed by atoms with Crippen molar-refractivity contribution in [1.29, 1.82) is 0 Å². The standard InChI is InChI=1S/C12H21F2NO/c1-9-3-10(2)5-11(4-9)6-15-7-12(13,14)8-16/h3,9,11,15-16H,4-8H2,1-2H3. The van der Waals surface area contributed by atoms with Crippen LogP contribution in [0.25, 0.3) is 0 Å². The number of aliphatic hydroxyl groups excluding tert-OH is 1. The zero-order chi connectivity index (χ0) is 12.2. The van der Waals surface area contributed by atoms with Crippen LogP contribution in [-0.2, 0) is 0 Å². The van der Waals surface area contributed by atoms with Gasteiger partial charge in [-0.15, -0.1) is 0 Å². The van der Waals surface area contributed by atoms with Crippen molar-refractivity contribution in [1.82, 2.24) is 5.32 Å². The third kappa shape index (κ3) is 4.58. The molecule has 0 saturated heterocycles. The van der Waals surface area contributed by atoms with Crippen LogP contribution in [0.5, 0.6) is 0 Å². The second kappa shape index (κ2) is 5.73. The molecule has 1 aliphatic rings. The lowest BCUT2D eigenvalue weighted by Crippen LogP contribution is -2.38. The summed E-state index contributed by atoms with van der Waals surface area (Å²) in [5.41, 5.74) is 1.35. The van der Waals surface area contributed by atoms with Crippen molar-refractivity contribution >= 4 is 0 Å². The Morgan fingerprint density at radius 2 is 2.25 bits per heavy atom. The van der Waals surface area contributed by atoms with Crippen molar-refractivity contribution in [3.05, 3.63) is 11.6 Å². The Morgan fingerprint density at radius 1 is 1.56 bits per heavy atom. The molecule has 2 N–H and O–H groups in total. The first-order valence-corrected chi connectivity index (χ1v) is 5.79. The number of alkyl halides is 2. The summed E-state index contributed by atoms with van der Waals surface area (Å²) in [4.78, 5) is 0. The van der Waals surface area contributed by atoms with Crippen molar-refractivity contribution in [3.8, 4) is 0 Å². The van der Waals surface area contributed by atoms with Crippen molar-refractivity contribution in [2.45, 2.75) is 32.6 Å². The summed E-state index contributed by atoms with van der Waals surface area (Å²) >= 11 is 0. The van der Waals surface area contributed by atoms with Gasteiger partial charge in [-0.2, -0.15) is 0 Å². The average Bonchev–Trinajstić information content (AvgIpc) is 2.16. The first-order valence-electron chi connectivity index (χ1n) is 5.79. The highest BCUT2D eigenvalue weighted by atomic mass is 19.3. The van der Waals surface area contributed by atoms with E-state index in [0.717, 1.165) is 12.8 Å². The van der Waals surface area contributed by atoms with Crippen LogP contribution in [0.1, 0.15) is 26.7 Å². The number of allylic oxidation sites excluding steroid dienone is 2. The van der Waals surface area contributed by atoms with Crippen LogP contribution >= 0.6 is 0 Å². The molecule has 0 aromatic rings. The second-order valence-electron chi connectivity index (χ2n) is 4.94.